The van der Waals surface area contributed by atoms with E-state index in [0.29, 0.717) is 12.3 Å². The van der Waals surface area contributed by atoms with E-state index in [2.05, 4.69) is 31.2 Å². The van der Waals surface area contributed by atoms with Crippen LogP contribution in [0.3, 0.4) is 0 Å². The molecule has 0 spiro atoms. The molecule has 0 bridgehead atoms. The first-order chi connectivity index (χ1) is 8.96. The van der Waals surface area contributed by atoms with Gasteiger partial charge in [-0.25, -0.2) is 0 Å². The summed E-state index contributed by atoms with van der Waals surface area (Å²) >= 11 is 0. The van der Waals surface area contributed by atoms with Crippen LogP contribution in [0.25, 0.3) is 11.3 Å². The first-order valence-electron chi connectivity index (χ1n) is 6.41. The molecule has 0 aliphatic carbocycles. The van der Waals surface area contributed by atoms with Gasteiger partial charge >= 0.3 is 0 Å². The number of aromatic nitrogens is 1. The maximum atomic E-state index is 10.0. The Labute approximate surface area is 113 Å². The molecular weight excluding hydrogens is 240 g/mol. The minimum atomic E-state index is -0.691. The van der Waals surface area contributed by atoms with Crippen molar-refractivity contribution in [2.24, 2.45) is 0 Å². The fourth-order valence-electron chi connectivity index (χ4n) is 1.69. The summed E-state index contributed by atoms with van der Waals surface area (Å²) in [5, 5.41) is 17.3. The van der Waals surface area contributed by atoms with Crippen LogP contribution in [0.1, 0.15) is 32.6 Å². The smallest absolute Gasteiger partial charge is 0.167 e. The number of rotatable bonds is 4. The summed E-state index contributed by atoms with van der Waals surface area (Å²) in [4.78, 5) is 0. The highest BCUT2D eigenvalue weighted by molar-refractivity contribution is 5.58. The molecule has 0 saturated carbocycles. The zero-order chi connectivity index (χ0) is 13.9. The van der Waals surface area contributed by atoms with Crippen LogP contribution in [0.4, 0.5) is 0 Å². The highest BCUT2D eigenvalue weighted by Gasteiger charge is 2.17. The van der Waals surface area contributed by atoms with Crippen molar-refractivity contribution in [3.05, 3.63) is 42.2 Å². The Kier molecular flexibility index (Phi) is 4.02. The van der Waals surface area contributed by atoms with Gasteiger partial charge in [0.15, 0.2) is 5.76 Å². The van der Waals surface area contributed by atoms with E-state index in [1.807, 2.05) is 30.3 Å². The van der Waals surface area contributed by atoms with E-state index < -0.39 is 6.10 Å². The fraction of sp³-hybridized carbons (Fsp3) is 0.400. The monoisotopic (exact) mass is 260 g/mol. The number of β-amino-alcohol motifs (C(OH)–C–C–N with tert-alkyl or cyclic N) is 1. The summed E-state index contributed by atoms with van der Waals surface area (Å²) in [6.07, 6.45) is -0.691. The number of aliphatic hydroxyl groups excluding tert-OH is 1. The molecule has 0 aliphatic rings. The standard InChI is InChI=1S/C15H20N2O2/c1-15(2,3)16-10-13(18)14-9-12(17-19-14)11-7-5-4-6-8-11/h4-9,13,16,18H,10H2,1-3H3. The normalized spacial score (nSPS) is 13.5. The molecule has 19 heavy (non-hydrogen) atoms. The van der Waals surface area contributed by atoms with Crippen molar-refractivity contribution in [3.63, 3.8) is 0 Å². The molecule has 2 aromatic rings. The molecule has 2 N–H and O–H groups in total. The molecule has 4 heteroatoms. The summed E-state index contributed by atoms with van der Waals surface area (Å²) in [5.41, 5.74) is 1.68. The Morgan fingerprint density at radius 3 is 2.58 bits per heavy atom. The first kappa shape index (κ1) is 13.8. The Bertz CT molecular complexity index is 514. The van der Waals surface area contributed by atoms with E-state index in [4.69, 9.17) is 4.52 Å². The zero-order valence-corrected chi connectivity index (χ0v) is 11.6. The van der Waals surface area contributed by atoms with Gasteiger partial charge in [0.05, 0.1) is 0 Å². The van der Waals surface area contributed by atoms with Crippen LogP contribution in [-0.2, 0) is 0 Å². The molecule has 0 aliphatic heterocycles. The molecule has 0 fully saturated rings. The van der Waals surface area contributed by atoms with E-state index in [1.165, 1.54) is 0 Å². The Morgan fingerprint density at radius 1 is 1.26 bits per heavy atom. The van der Waals surface area contributed by atoms with Gasteiger partial charge in [-0.2, -0.15) is 0 Å². The molecule has 1 atom stereocenters. The van der Waals surface area contributed by atoms with Crippen LogP contribution in [0, 0.1) is 0 Å². The van der Waals surface area contributed by atoms with Gasteiger partial charge in [-0.05, 0) is 20.8 Å². The second kappa shape index (κ2) is 5.55. The lowest BCUT2D eigenvalue weighted by molar-refractivity contribution is 0.129. The number of benzene rings is 1. The minimum absolute atomic E-state index is 0.0384. The number of nitrogens with zero attached hydrogens (tertiary/aromatic N) is 1. The predicted molar refractivity (Wildman–Crippen MR) is 74.7 cm³/mol. The topological polar surface area (TPSA) is 58.3 Å². The average molecular weight is 260 g/mol. The highest BCUT2D eigenvalue weighted by atomic mass is 16.5. The highest BCUT2D eigenvalue weighted by Crippen LogP contribution is 2.22. The molecule has 102 valence electrons. The summed E-state index contributed by atoms with van der Waals surface area (Å²) in [6, 6.07) is 11.5. The van der Waals surface area contributed by atoms with Crippen LogP contribution in [-0.4, -0.2) is 22.3 Å². The fourth-order valence-corrected chi connectivity index (χ4v) is 1.69. The van der Waals surface area contributed by atoms with Crippen molar-refractivity contribution in [1.82, 2.24) is 10.5 Å². The maximum Gasteiger partial charge on any atom is 0.167 e. The lowest BCUT2D eigenvalue weighted by atomic mass is 10.1. The summed E-state index contributed by atoms with van der Waals surface area (Å²) in [6.45, 7) is 6.59. The van der Waals surface area contributed by atoms with Crippen LogP contribution in [0.15, 0.2) is 40.9 Å². The van der Waals surface area contributed by atoms with E-state index in [-0.39, 0.29) is 5.54 Å². The largest absolute Gasteiger partial charge is 0.384 e. The summed E-state index contributed by atoms with van der Waals surface area (Å²) < 4.78 is 5.21. The molecule has 1 aromatic heterocycles. The van der Waals surface area contributed by atoms with E-state index >= 15 is 0 Å². The number of aliphatic hydroxyl groups is 1. The van der Waals surface area contributed by atoms with E-state index in [9.17, 15) is 5.11 Å². The molecular formula is C15H20N2O2. The van der Waals surface area contributed by atoms with Crippen molar-refractivity contribution in [2.45, 2.75) is 32.4 Å². The molecule has 0 amide bonds. The molecule has 0 saturated heterocycles. The number of nitrogens with one attached hydrogen (secondary N) is 1. The molecule has 1 unspecified atom stereocenters. The van der Waals surface area contributed by atoms with Crippen molar-refractivity contribution >= 4 is 0 Å². The van der Waals surface area contributed by atoms with Crippen molar-refractivity contribution < 1.29 is 9.63 Å². The quantitative estimate of drug-likeness (QED) is 0.887. The second-order valence-electron chi connectivity index (χ2n) is 5.63. The third-order valence-corrected chi connectivity index (χ3v) is 2.75. The van der Waals surface area contributed by atoms with Gasteiger partial charge in [-0.3, -0.25) is 0 Å². The van der Waals surface area contributed by atoms with Gasteiger partial charge in [-0.15, -0.1) is 0 Å². The molecule has 2 rings (SSSR count). The average Bonchev–Trinajstić information content (AvgIpc) is 2.86. The Hall–Kier alpha value is -1.65. The maximum absolute atomic E-state index is 10.0. The third kappa shape index (κ3) is 3.91. The van der Waals surface area contributed by atoms with Gasteiger partial charge in [0.1, 0.15) is 11.8 Å². The number of hydrogen-bond donors (Lipinski definition) is 2. The van der Waals surface area contributed by atoms with Crippen LogP contribution in [0.2, 0.25) is 0 Å². The summed E-state index contributed by atoms with van der Waals surface area (Å²) in [7, 11) is 0. The predicted octanol–water partition coefficient (Wildman–Crippen LogP) is 2.76. The van der Waals surface area contributed by atoms with E-state index in [1.54, 1.807) is 6.07 Å². The number of hydrogen-bond acceptors (Lipinski definition) is 4. The van der Waals surface area contributed by atoms with Gasteiger partial charge in [0, 0.05) is 23.7 Å². The van der Waals surface area contributed by atoms with Gasteiger partial charge in [-0.1, -0.05) is 35.5 Å². The molecule has 1 heterocycles. The van der Waals surface area contributed by atoms with E-state index in [0.717, 1.165) is 11.3 Å². The van der Waals surface area contributed by atoms with Gasteiger partial charge in [0.2, 0.25) is 0 Å². The third-order valence-electron chi connectivity index (χ3n) is 2.75. The lowest BCUT2D eigenvalue weighted by Crippen LogP contribution is -2.38. The Balaban J connectivity index is 2.05. The van der Waals surface area contributed by atoms with Crippen molar-refractivity contribution in [2.75, 3.05) is 6.54 Å². The Morgan fingerprint density at radius 2 is 1.95 bits per heavy atom. The lowest BCUT2D eigenvalue weighted by Gasteiger charge is -2.21. The van der Waals surface area contributed by atoms with Crippen molar-refractivity contribution in [1.29, 1.82) is 0 Å². The van der Waals surface area contributed by atoms with Crippen LogP contribution >= 0.6 is 0 Å². The summed E-state index contributed by atoms with van der Waals surface area (Å²) in [5.74, 6) is 0.482. The molecule has 0 radical (unpaired) electrons. The molecule has 4 nitrogen and oxygen atoms in total. The van der Waals surface area contributed by atoms with Crippen LogP contribution in [0.5, 0.6) is 0 Å². The zero-order valence-electron chi connectivity index (χ0n) is 11.6. The second-order valence-corrected chi connectivity index (χ2v) is 5.63. The first-order valence-corrected chi connectivity index (χ1v) is 6.41. The van der Waals surface area contributed by atoms with Gasteiger partial charge in [0.25, 0.3) is 0 Å². The SMILES string of the molecule is CC(C)(C)NCC(O)c1cc(-c2ccccc2)no1. The van der Waals surface area contributed by atoms with Crippen molar-refractivity contribution in [3.8, 4) is 11.3 Å². The van der Waals surface area contributed by atoms with Crippen LogP contribution < -0.4 is 5.32 Å². The minimum Gasteiger partial charge on any atom is -0.384 e. The molecule has 1 aromatic carbocycles. The van der Waals surface area contributed by atoms with Gasteiger partial charge < -0.3 is 14.9 Å².